The topological polar surface area (TPSA) is 15.3 Å². The quantitative estimate of drug-likeness (QED) is 0.631. The van der Waals surface area contributed by atoms with Crippen LogP contribution in [0.1, 0.15) is 20.8 Å². The van der Waals surface area contributed by atoms with Gasteiger partial charge >= 0.3 is 0 Å². The second-order valence-electron chi connectivity index (χ2n) is 3.49. The molecular weight excluding hydrogens is 124 g/mol. The summed E-state index contributed by atoms with van der Waals surface area (Å²) in [7, 11) is 4.22. The van der Waals surface area contributed by atoms with Crippen molar-refractivity contribution < 1.29 is 0 Å². The lowest BCUT2D eigenvalue weighted by atomic mass is 10.0. The first kappa shape index (κ1) is 9.92. The Bertz CT molecular complexity index is 87.3. The van der Waals surface area contributed by atoms with E-state index in [4.69, 9.17) is 0 Å². The van der Waals surface area contributed by atoms with Gasteiger partial charge in [0.15, 0.2) is 0 Å². The van der Waals surface area contributed by atoms with Crippen LogP contribution in [0.3, 0.4) is 0 Å². The van der Waals surface area contributed by atoms with Crippen molar-refractivity contribution in [3.05, 3.63) is 0 Å². The SMILES string of the molecule is CCNCC(C)(C)N(C)C. The summed E-state index contributed by atoms with van der Waals surface area (Å²) in [5, 5.41) is 3.33. The average molecular weight is 144 g/mol. The van der Waals surface area contributed by atoms with Crippen LogP contribution < -0.4 is 5.32 Å². The fraction of sp³-hybridized carbons (Fsp3) is 1.00. The maximum atomic E-state index is 3.33. The van der Waals surface area contributed by atoms with Gasteiger partial charge in [0.05, 0.1) is 0 Å². The molecule has 0 aliphatic rings. The van der Waals surface area contributed by atoms with Crippen LogP contribution in [0.25, 0.3) is 0 Å². The van der Waals surface area contributed by atoms with Crippen LogP contribution in [-0.2, 0) is 0 Å². The number of rotatable bonds is 4. The summed E-state index contributed by atoms with van der Waals surface area (Å²) in [4.78, 5) is 2.23. The van der Waals surface area contributed by atoms with Crippen LogP contribution in [0.5, 0.6) is 0 Å². The molecule has 0 unspecified atom stereocenters. The van der Waals surface area contributed by atoms with Gasteiger partial charge in [0.1, 0.15) is 0 Å². The largest absolute Gasteiger partial charge is 0.315 e. The summed E-state index contributed by atoms with van der Waals surface area (Å²) in [6, 6.07) is 0. The van der Waals surface area contributed by atoms with E-state index in [9.17, 15) is 0 Å². The first-order valence-corrected chi connectivity index (χ1v) is 3.89. The Balaban J connectivity index is 3.63. The van der Waals surface area contributed by atoms with Gasteiger partial charge in [0, 0.05) is 12.1 Å². The molecule has 0 amide bonds. The fourth-order valence-corrected chi connectivity index (χ4v) is 0.589. The van der Waals surface area contributed by atoms with Gasteiger partial charge in [-0.1, -0.05) is 6.92 Å². The summed E-state index contributed by atoms with van der Waals surface area (Å²) in [5.41, 5.74) is 0.274. The third-order valence-corrected chi connectivity index (χ3v) is 2.02. The molecule has 0 radical (unpaired) electrons. The minimum Gasteiger partial charge on any atom is -0.315 e. The van der Waals surface area contributed by atoms with E-state index in [2.05, 4.69) is 45.1 Å². The lowest BCUT2D eigenvalue weighted by Gasteiger charge is -2.32. The van der Waals surface area contributed by atoms with E-state index < -0.39 is 0 Å². The minimum absolute atomic E-state index is 0.274. The standard InChI is InChI=1S/C8H20N2/c1-6-9-7-8(2,3)10(4)5/h9H,6-7H2,1-5H3. The van der Waals surface area contributed by atoms with Gasteiger partial charge in [0.25, 0.3) is 0 Å². The van der Waals surface area contributed by atoms with E-state index in [0.717, 1.165) is 13.1 Å². The van der Waals surface area contributed by atoms with E-state index in [1.165, 1.54) is 0 Å². The van der Waals surface area contributed by atoms with Crippen molar-refractivity contribution in [1.82, 2.24) is 10.2 Å². The third kappa shape index (κ3) is 3.18. The summed E-state index contributed by atoms with van der Waals surface area (Å²) < 4.78 is 0. The Morgan fingerprint density at radius 1 is 1.30 bits per heavy atom. The van der Waals surface area contributed by atoms with Crippen molar-refractivity contribution in [3.8, 4) is 0 Å². The van der Waals surface area contributed by atoms with E-state index >= 15 is 0 Å². The number of likely N-dealkylation sites (N-methyl/N-ethyl adjacent to an activating group) is 2. The molecule has 0 heterocycles. The van der Waals surface area contributed by atoms with E-state index in [1.54, 1.807) is 0 Å². The first-order valence-electron chi connectivity index (χ1n) is 3.89. The molecule has 0 aliphatic carbocycles. The second-order valence-corrected chi connectivity index (χ2v) is 3.49. The van der Waals surface area contributed by atoms with Gasteiger partial charge in [-0.2, -0.15) is 0 Å². The molecular formula is C8H20N2. The predicted molar refractivity (Wildman–Crippen MR) is 46.3 cm³/mol. The zero-order chi connectivity index (χ0) is 8.20. The molecule has 0 aromatic carbocycles. The predicted octanol–water partition coefficient (Wildman–Crippen LogP) is 0.936. The van der Waals surface area contributed by atoms with Crippen molar-refractivity contribution in [1.29, 1.82) is 0 Å². The molecule has 0 aromatic rings. The summed E-state index contributed by atoms with van der Waals surface area (Å²) >= 11 is 0. The Hall–Kier alpha value is -0.0800. The highest BCUT2D eigenvalue weighted by molar-refractivity contribution is 4.78. The highest BCUT2D eigenvalue weighted by Crippen LogP contribution is 2.06. The van der Waals surface area contributed by atoms with Crippen LogP contribution in [0.15, 0.2) is 0 Å². The van der Waals surface area contributed by atoms with Crippen molar-refractivity contribution in [2.45, 2.75) is 26.3 Å². The van der Waals surface area contributed by atoms with E-state index in [1.807, 2.05) is 0 Å². The monoisotopic (exact) mass is 144 g/mol. The molecule has 0 spiro atoms. The summed E-state index contributed by atoms with van der Waals surface area (Å²) in [6.07, 6.45) is 0. The van der Waals surface area contributed by atoms with Crippen molar-refractivity contribution >= 4 is 0 Å². The molecule has 0 saturated heterocycles. The minimum atomic E-state index is 0.274. The lowest BCUT2D eigenvalue weighted by molar-refractivity contribution is 0.191. The Kier molecular flexibility index (Phi) is 3.91. The third-order valence-electron chi connectivity index (χ3n) is 2.02. The molecule has 2 heteroatoms. The zero-order valence-corrected chi connectivity index (χ0v) is 7.86. The fourth-order valence-electron chi connectivity index (χ4n) is 0.589. The summed E-state index contributed by atoms with van der Waals surface area (Å²) in [5.74, 6) is 0. The Labute approximate surface area is 64.6 Å². The van der Waals surface area contributed by atoms with Crippen molar-refractivity contribution in [2.24, 2.45) is 0 Å². The first-order chi connectivity index (χ1) is 4.50. The molecule has 0 bridgehead atoms. The molecule has 2 nitrogen and oxygen atoms in total. The van der Waals surface area contributed by atoms with Gasteiger partial charge in [-0.25, -0.2) is 0 Å². The van der Waals surface area contributed by atoms with Gasteiger partial charge in [-0.15, -0.1) is 0 Å². The van der Waals surface area contributed by atoms with Crippen LogP contribution in [0, 0.1) is 0 Å². The molecule has 0 fully saturated rings. The van der Waals surface area contributed by atoms with Crippen LogP contribution in [0.4, 0.5) is 0 Å². The number of hydrogen-bond donors (Lipinski definition) is 1. The average Bonchev–Trinajstić information content (AvgIpc) is 1.84. The molecule has 0 rings (SSSR count). The zero-order valence-electron chi connectivity index (χ0n) is 7.86. The highest BCUT2D eigenvalue weighted by Gasteiger charge is 2.18. The number of nitrogens with zero attached hydrogens (tertiary/aromatic N) is 1. The van der Waals surface area contributed by atoms with Gasteiger partial charge in [-0.3, -0.25) is 0 Å². The maximum absolute atomic E-state index is 3.33. The maximum Gasteiger partial charge on any atom is 0.0271 e. The van der Waals surface area contributed by atoms with Crippen LogP contribution >= 0.6 is 0 Å². The second kappa shape index (κ2) is 3.94. The molecule has 62 valence electrons. The number of nitrogens with one attached hydrogen (secondary N) is 1. The highest BCUT2D eigenvalue weighted by atomic mass is 15.2. The lowest BCUT2D eigenvalue weighted by Crippen LogP contribution is -2.46. The Morgan fingerprint density at radius 3 is 2.10 bits per heavy atom. The normalized spacial score (nSPS) is 12.6. The van der Waals surface area contributed by atoms with Crippen molar-refractivity contribution in [2.75, 3.05) is 27.2 Å². The van der Waals surface area contributed by atoms with Crippen LogP contribution in [-0.4, -0.2) is 37.6 Å². The molecule has 0 atom stereocenters. The molecule has 0 aromatic heterocycles. The molecule has 10 heavy (non-hydrogen) atoms. The summed E-state index contributed by atoms with van der Waals surface area (Å²) in [6.45, 7) is 8.70. The molecule has 0 aliphatic heterocycles. The number of hydrogen-bond acceptors (Lipinski definition) is 2. The van der Waals surface area contributed by atoms with Crippen molar-refractivity contribution in [3.63, 3.8) is 0 Å². The molecule has 1 N–H and O–H groups in total. The molecule has 0 saturated carbocycles. The van der Waals surface area contributed by atoms with E-state index in [0.29, 0.717) is 0 Å². The van der Waals surface area contributed by atoms with Crippen LogP contribution in [0.2, 0.25) is 0 Å². The smallest absolute Gasteiger partial charge is 0.0271 e. The van der Waals surface area contributed by atoms with E-state index in [-0.39, 0.29) is 5.54 Å². The van der Waals surface area contributed by atoms with Gasteiger partial charge < -0.3 is 10.2 Å². The van der Waals surface area contributed by atoms with Gasteiger partial charge in [-0.05, 0) is 34.5 Å². The van der Waals surface area contributed by atoms with Gasteiger partial charge in [0.2, 0.25) is 0 Å². The Morgan fingerprint density at radius 2 is 1.80 bits per heavy atom.